The number of Topliss-reactive ketones (excluding diaryl/α,β-unsaturated/α-hetero) is 1. The van der Waals surface area contributed by atoms with E-state index in [0.717, 1.165) is 17.7 Å². The third kappa shape index (κ3) is 3.46. The van der Waals surface area contributed by atoms with Crippen LogP contribution in [-0.4, -0.2) is 23.1 Å². The summed E-state index contributed by atoms with van der Waals surface area (Å²) in [5.41, 5.74) is -0.172. The maximum Gasteiger partial charge on any atom is 0.244 e. The van der Waals surface area contributed by atoms with Gasteiger partial charge in [0.1, 0.15) is 11.4 Å². The first-order valence-electron chi connectivity index (χ1n) is 7.96. The highest BCUT2D eigenvalue weighted by Gasteiger charge is 2.52. The van der Waals surface area contributed by atoms with Crippen LogP contribution in [0.5, 0.6) is 0 Å². The highest BCUT2D eigenvalue weighted by atomic mass is 35.5. The molecule has 0 radical (unpaired) electrons. The van der Waals surface area contributed by atoms with Crippen LogP contribution < -0.4 is 10.6 Å². The quantitative estimate of drug-likeness (QED) is 0.808. The minimum Gasteiger partial charge on any atom is -0.342 e. The number of amides is 2. The van der Waals surface area contributed by atoms with Crippen LogP contribution in [0.15, 0.2) is 48.5 Å². The predicted molar refractivity (Wildman–Crippen MR) is 95.2 cm³/mol. The third-order valence-electron chi connectivity index (χ3n) is 4.32. The summed E-state index contributed by atoms with van der Waals surface area (Å²) in [6.07, 6.45) is 0.277. The van der Waals surface area contributed by atoms with E-state index in [1.54, 1.807) is 6.92 Å². The molecule has 2 N–H and O–H groups in total. The van der Waals surface area contributed by atoms with Crippen molar-refractivity contribution in [1.29, 1.82) is 0 Å². The molecule has 0 aliphatic carbocycles. The van der Waals surface area contributed by atoms with Gasteiger partial charge in [0.15, 0.2) is 11.7 Å². The van der Waals surface area contributed by atoms with E-state index in [9.17, 15) is 18.8 Å². The Morgan fingerprint density at radius 1 is 1.23 bits per heavy atom. The summed E-state index contributed by atoms with van der Waals surface area (Å²) in [5, 5.41) is 5.03. The molecule has 1 fully saturated rings. The lowest BCUT2D eigenvalue weighted by atomic mass is 9.86. The van der Waals surface area contributed by atoms with Crippen LogP contribution in [0, 0.1) is 11.7 Å². The van der Waals surface area contributed by atoms with Gasteiger partial charge in [0, 0.05) is 6.42 Å². The van der Waals surface area contributed by atoms with Gasteiger partial charge >= 0.3 is 0 Å². The van der Waals surface area contributed by atoms with Gasteiger partial charge in [-0.05, 0) is 30.7 Å². The first-order valence-corrected chi connectivity index (χ1v) is 8.34. The number of carbonyl (C=O) groups is 3. The molecule has 0 bridgehead atoms. The van der Waals surface area contributed by atoms with Crippen LogP contribution in [-0.2, 0) is 20.8 Å². The molecule has 2 amide bonds. The molecule has 0 saturated carbocycles. The van der Waals surface area contributed by atoms with Gasteiger partial charge in [0.05, 0.1) is 10.7 Å². The van der Waals surface area contributed by atoms with Crippen molar-refractivity contribution in [2.75, 3.05) is 5.32 Å². The van der Waals surface area contributed by atoms with Crippen LogP contribution in [0.1, 0.15) is 12.5 Å². The summed E-state index contributed by atoms with van der Waals surface area (Å²) in [7, 11) is 0. The largest absolute Gasteiger partial charge is 0.342 e. The van der Waals surface area contributed by atoms with Gasteiger partial charge in [0.25, 0.3) is 0 Å². The molecular formula is C19H16ClFN2O3. The minimum absolute atomic E-state index is 0.0174. The first-order chi connectivity index (χ1) is 12.3. The van der Waals surface area contributed by atoms with E-state index >= 15 is 0 Å². The second kappa shape index (κ2) is 6.88. The van der Waals surface area contributed by atoms with Gasteiger partial charge in [-0.2, -0.15) is 0 Å². The van der Waals surface area contributed by atoms with E-state index < -0.39 is 34.9 Å². The standard InChI is InChI=1S/C19H16ClFN2O3/c1-19(10-11-5-3-2-4-6-11)16(24)15(18(26)23-19)17(25)22-14-8-7-12(21)9-13(14)20/h2-9,15H,10H2,1H3,(H,22,25)(H,23,26). The van der Waals surface area contributed by atoms with Crippen LogP contribution in [0.4, 0.5) is 10.1 Å². The van der Waals surface area contributed by atoms with Crippen LogP contribution in [0.25, 0.3) is 0 Å². The Balaban J connectivity index is 1.79. The zero-order valence-electron chi connectivity index (χ0n) is 13.9. The molecule has 134 valence electrons. The molecule has 1 aliphatic heterocycles. The van der Waals surface area contributed by atoms with Crippen LogP contribution >= 0.6 is 11.6 Å². The molecule has 26 heavy (non-hydrogen) atoms. The maximum absolute atomic E-state index is 13.1. The normalized spacial score (nSPS) is 22.2. The SMILES string of the molecule is CC1(Cc2ccccc2)NC(=O)C(C(=O)Nc2ccc(F)cc2Cl)C1=O. The predicted octanol–water partition coefficient (Wildman–Crippen LogP) is 2.73. The number of halogens is 2. The topological polar surface area (TPSA) is 75.3 Å². The number of ketones is 1. The fourth-order valence-corrected chi connectivity index (χ4v) is 3.23. The lowest BCUT2D eigenvalue weighted by molar-refractivity contribution is -0.135. The number of hydrogen-bond acceptors (Lipinski definition) is 3. The van der Waals surface area contributed by atoms with Crippen molar-refractivity contribution in [3.63, 3.8) is 0 Å². The highest BCUT2D eigenvalue weighted by molar-refractivity contribution is 6.34. The van der Waals surface area contributed by atoms with Crippen molar-refractivity contribution < 1.29 is 18.8 Å². The monoisotopic (exact) mass is 374 g/mol. The summed E-state index contributed by atoms with van der Waals surface area (Å²) < 4.78 is 13.1. The van der Waals surface area contributed by atoms with Gasteiger partial charge in [-0.1, -0.05) is 41.9 Å². The maximum atomic E-state index is 13.1. The van der Waals surface area contributed by atoms with Crippen LogP contribution in [0.3, 0.4) is 0 Å². The number of hydrogen-bond donors (Lipinski definition) is 2. The Morgan fingerprint density at radius 3 is 2.58 bits per heavy atom. The third-order valence-corrected chi connectivity index (χ3v) is 4.63. The van der Waals surface area contributed by atoms with E-state index in [4.69, 9.17) is 11.6 Å². The molecule has 0 spiro atoms. The van der Waals surface area contributed by atoms with E-state index in [0.29, 0.717) is 0 Å². The molecule has 3 rings (SSSR count). The molecule has 2 aromatic carbocycles. The fraction of sp³-hybridized carbons (Fsp3) is 0.211. The molecule has 1 aliphatic rings. The van der Waals surface area contributed by atoms with Gasteiger partial charge in [-0.25, -0.2) is 4.39 Å². The molecule has 1 heterocycles. The first kappa shape index (κ1) is 18.1. The summed E-state index contributed by atoms with van der Waals surface area (Å²) in [6.45, 7) is 1.60. The van der Waals surface area contributed by atoms with Crippen molar-refractivity contribution in [2.45, 2.75) is 18.9 Å². The van der Waals surface area contributed by atoms with Crippen molar-refractivity contribution in [2.24, 2.45) is 5.92 Å². The Morgan fingerprint density at radius 2 is 1.92 bits per heavy atom. The van der Waals surface area contributed by atoms with Gasteiger partial charge in [-0.15, -0.1) is 0 Å². The van der Waals surface area contributed by atoms with Crippen LogP contribution in [0.2, 0.25) is 5.02 Å². The molecule has 2 aromatic rings. The number of anilines is 1. The number of benzene rings is 2. The van der Waals surface area contributed by atoms with Crippen molar-refractivity contribution >= 4 is 34.9 Å². The summed E-state index contributed by atoms with van der Waals surface area (Å²) >= 11 is 5.88. The zero-order valence-corrected chi connectivity index (χ0v) is 14.6. The molecule has 2 atom stereocenters. The molecule has 0 aromatic heterocycles. The van der Waals surface area contributed by atoms with Crippen molar-refractivity contribution in [3.8, 4) is 0 Å². The molecule has 1 saturated heterocycles. The minimum atomic E-state index is -1.48. The molecule has 5 nitrogen and oxygen atoms in total. The van der Waals surface area contributed by atoms with E-state index in [2.05, 4.69) is 10.6 Å². The Bertz CT molecular complexity index is 888. The van der Waals surface area contributed by atoms with Gasteiger partial charge in [-0.3, -0.25) is 14.4 Å². The van der Waals surface area contributed by atoms with Crippen molar-refractivity contribution in [1.82, 2.24) is 5.32 Å². The molecule has 7 heteroatoms. The van der Waals surface area contributed by atoms with E-state index in [-0.39, 0.29) is 17.1 Å². The zero-order chi connectivity index (χ0) is 18.9. The van der Waals surface area contributed by atoms with Gasteiger partial charge < -0.3 is 10.6 Å². The number of carbonyl (C=O) groups excluding carboxylic acids is 3. The summed E-state index contributed by atoms with van der Waals surface area (Å²) in [4.78, 5) is 37.5. The second-order valence-corrected chi connectivity index (χ2v) is 6.80. The lowest BCUT2D eigenvalue weighted by Gasteiger charge is -2.22. The Labute approximate surface area is 154 Å². The Hall–Kier alpha value is -2.73. The highest BCUT2D eigenvalue weighted by Crippen LogP contribution is 2.28. The molecule has 2 unspecified atom stereocenters. The Kier molecular flexibility index (Phi) is 4.78. The van der Waals surface area contributed by atoms with E-state index in [1.807, 2.05) is 30.3 Å². The second-order valence-electron chi connectivity index (χ2n) is 6.39. The fourth-order valence-electron chi connectivity index (χ4n) is 3.01. The smallest absolute Gasteiger partial charge is 0.244 e. The average Bonchev–Trinajstić information content (AvgIpc) is 2.80. The lowest BCUT2D eigenvalue weighted by Crippen LogP contribution is -2.45. The van der Waals surface area contributed by atoms with E-state index in [1.165, 1.54) is 6.07 Å². The van der Waals surface area contributed by atoms with Crippen molar-refractivity contribution in [3.05, 3.63) is 64.9 Å². The van der Waals surface area contributed by atoms with Gasteiger partial charge in [0.2, 0.25) is 11.8 Å². The summed E-state index contributed by atoms with van der Waals surface area (Å²) in [6, 6.07) is 12.6. The average molecular weight is 375 g/mol. The number of nitrogens with one attached hydrogen (secondary N) is 2. The summed E-state index contributed by atoms with van der Waals surface area (Å²) in [5.74, 6) is -4.01. The molecular weight excluding hydrogens is 359 g/mol. The number of rotatable bonds is 4.